The van der Waals surface area contributed by atoms with E-state index in [9.17, 15) is 9.59 Å². The highest BCUT2D eigenvalue weighted by Crippen LogP contribution is 1.90. The van der Waals surface area contributed by atoms with E-state index in [0.717, 1.165) is 6.42 Å². The number of nitrogens with one attached hydrogen (secondary N) is 1. The lowest BCUT2D eigenvalue weighted by atomic mass is 10.2. The van der Waals surface area contributed by atoms with E-state index in [0.29, 0.717) is 26.2 Å². The van der Waals surface area contributed by atoms with Crippen molar-refractivity contribution in [1.29, 1.82) is 0 Å². The fourth-order valence-corrected chi connectivity index (χ4v) is 0.948. The molecule has 4 nitrogen and oxygen atoms in total. The molecule has 0 aliphatic carbocycles. The van der Waals surface area contributed by atoms with Crippen molar-refractivity contribution >= 4 is 11.7 Å². The molecule has 0 radical (unpaired) electrons. The first-order valence-corrected chi connectivity index (χ1v) is 5.27. The molecule has 0 saturated carbocycles. The van der Waals surface area contributed by atoms with Crippen LogP contribution in [0.5, 0.6) is 0 Å². The molecule has 0 bridgehead atoms. The number of hydrogen-bond donors (Lipinski definition) is 1. The number of allylic oxidation sites excluding steroid dienone is 1. The Hall–Kier alpha value is -1.16. The second kappa shape index (κ2) is 9.40. The van der Waals surface area contributed by atoms with Crippen LogP contribution in [-0.2, 0) is 14.3 Å². The molecule has 0 spiro atoms. The van der Waals surface area contributed by atoms with E-state index in [1.54, 1.807) is 0 Å². The molecule has 0 aromatic rings. The number of carbonyl (C=O) groups is 2. The third-order valence-electron chi connectivity index (χ3n) is 1.67. The summed E-state index contributed by atoms with van der Waals surface area (Å²) < 4.78 is 5.04. The lowest BCUT2D eigenvalue weighted by Gasteiger charge is -2.01. The Morgan fingerprint density at radius 2 is 2.00 bits per heavy atom. The third-order valence-corrected chi connectivity index (χ3v) is 1.67. The first-order valence-electron chi connectivity index (χ1n) is 5.27. The Kier molecular flexibility index (Phi) is 8.67. The molecule has 0 aromatic heterocycles. The predicted octanol–water partition coefficient (Wildman–Crippen LogP) is 1.06. The summed E-state index contributed by atoms with van der Waals surface area (Å²) in [6, 6.07) is 0. The van der Waals surface area contributed by atoms with Crippen molar-refractivity contribution in [2.24, 2.45) is 0 Å². The highest BCUT2D eigenvalue weighted by Gasteiger charge is 1.97. The van der Waals surface area contributed by atoms with Crippen LogP contribution in [0.2, 0.25) is 0 Å². The number of hydrogen-bond acceptors (Lipinski definition) is 3. The zero-order valence-corrected chi connectivity index (χ0v) is 9.41. The molecule has 0 saturated heterocycles. The molecule has 0 aromatic carbocycles. The normalized spacial score (nSPS) is 10.5. The fraction of sp³-hybridized carbons (Fsp3) is 0.636. The largest absolute Gasteiger partial charge is 0.380 e. The second-order valence-corrected chi connectivity index (χ2v) is 3.04. The quantitative estimate of drug-likeness (QED) is 0.484. The summed E-state index contributed by atoms with van der Waals surface area (Å²) in [7, 11) is 0. The summed E-state index contributed by atoms with van der Waals surface area (Å²) in [6.07, 6.45) is 3.88. The van der Waals surface area contributed by atoms with Gasteiger partial charge in [0.2, 0.25) is 5.91 Å². The van der Waals surface area contributed by atoms with E-state index in [-0.39, 0.29) is 11.7 Å². The van der Waals surface area contributed by atoms with E-state index in [2.05, 4.69) is 5.32 Å². The Morgan fingerprint density at radius 3 is 2.60 bits per heavy atom. The summed E-state index contributed by atoms with van der Waals surface area (Å²) in [5.74, 6) is -0.267. The van der Waals surface area contributed by atoms with Crippen LogP contribution >= 0.6 is 0 Å². The van der Waals surface area contributed by atoms with Crippen LogP contribution in [0, 0.1) is 0 Å². The zero-order chi connectivity index (χ0) is 11.5. The van der Waals surface area contributed by atoms with Gasteiger partial charge in [0.15, 0.2) is 5.78 Å². The van der Waals surface area contributed by atoms with Gasteiger partial charge in [0.1, 0.15) is 0 Å². The van der Waals surface area contributed by atoms with Crippen molar-refractivity contribution in [3.8, 4) is 0 Å². The Balaban J connectivity index is 3.59. The van der Waals surface area contributed by atoms with Crippen molar-refractivity contribution in [3.63, 3.8) is 0 Å². The van der Waals surface area contributed by atoms with Crippen LogP contribution in [0.15, 0.2) is 12.2 Å². The number of amides is 1. The lowest BCUT2D eigenvalue weighted by molar-refractivity contribution is -0.118. The summed E-state index contributed by atoms with van der Waals surface area (Å²) in [5.41, 5.74) is 0. The molecule has 0 atom stereocenters. The molecule has 15 heavy (non-hydrogen) atoms. The van der Waals surface area contributed by atoms with Crippen molar-refractivity contribution in [3.05, 3.63) is 12.2 Å². The minimum absolute atomic E-state index is 0.0162. The average molecular weight is 213 g/mol. The Morgan fingerprint density at radius 1 is 1.27 bits per heavy atom. The predicted molar refractivity (Wildman–Crippen MR) is 58.6 cm³/mol. The first kappa shape index (κ1) is 13.8. The van der Waals surface area contributed by atoms with Crippen molar-refractivity contribution in [1.82, 2.24) is 5.32 Å². The Bertz CT molecular complexity index is 224. The van der Waals surface area contributed by atoms with Gasteiger partial charge >= 0.3 is 0 Å². The zero-order valence-electron chi connectivity index (χ0n) is 9.41. The molecule has 0 rings (SSSR count). The number of ketones is 1. The standard InChI is InChI=1S/C11H19NO3/c1-3-5-10(13)6-7-11(14)12-8-9-15-4-2/h6-7H,3-5,8-9H2,1-2H3,(H,12,14)/b7-6+. The van der Waals surface area contributed by atoms with Gasteiger partial charge in [-0.1, -0.05) is 6.92 Å². The van der Waals surface area contributed by atoms with Crippen LogP contribution < -0.4 is 5.32 Å². The van der Waals surface area contributed by atoms with Crippen molar-refractivity contribution in [2.45, 2.75) is 26.7 Å². The van der Waals surface area contributed by atoms with Gasteiger partial charge in [0, 0.05) is 25.6 Å². The maximum Gasteiger partial charge on any atom is 0.244 e. The Labute approximate surface area is 90.7 Å². The van der Waals surface area contributed by atoms with Gasteiger partial charge in [-0.25, -0.2) is 0 Å². The van der Waals surface area contributed by atoms with Crippen LogP contribution in [0.25, 0.3) is 0 Å². The number of rotatable bonds is 8. The molecule has 0 heterocycles. The molecular weight excluding hydrogens is 194 g/mol. The molecule has 0 aliphatic rings. The van der Waals surface area contributed by atoms with Gasteiger partial charge in [0.05, 0.1) is 6.61 Å². The van der Waals surface area contributed by atoms with E-state index in [4.69, 9.17) is 4.74 Å². The molecule has 1 N–H and O–H groups in total. The smallest absolute Gasteiger partial charge is 0.244 e. The van der Waals surface area contributed by atoms with Gasteiger partial charge in [-0.3, -0.25) is 9.59 Å². The third kappa shape index (κ3) is 9.15. The molecule has 4 heteroatoms. The molecule has 0 unspecified atom stereocenters. The van der Waals surface area contributed by atoms with Gasteiger partial charge in [0.25, 0.3) is 0 Å². The van der Waals surface area contributed by atoms with Crippen LogP contribution in [0.3, 0.4) is 0 Å². The second-order valence-electron chi connectivity index (χ2n) is 3.04. The molecule has 0 aliphatic heterocycles. The minimum atomic E-state index is -0.251. The number of ether oxygens (including phenoxy) is 1. The van der Waals surface area contributed by atoms with Crippen LogP contribution in [0.4, 0.5) is 0 Å². The number of carbonyl (C=O) groups excluding carboxylic acids is 2. The maximum atomic E-state index is 11.1. The highest BCUT2D eigenvalue weighted by molar-refractivity contribution is 5.97. The van der Waals surface area contributed by atoms with E-state index < -0.39 is 0 Å². The van der Waals surface area contributed by atoms with Gasteiger partial charge < -0.3 is 10.1 Å². The lowest BCUT2D eigenvalue weighted by Crippen LogP contribution is -2.25. The molecule has 0 fully saturated rings. The highest BCUT2D eigenvalue weighted by atomic mass is 16.5. The molecule has 1 amide bonds. The van der Waals surface area contributed by atoms with E-state index in [1.807, 2.05) is 13.8 Å². The maximum absolute atomic E-state index is 11.1. The summed E-state index contributed by atoms with van der Waals surface area (Å²) in [6.45, 7) is 5.43. The summed E-state index contributed by atoms with van der Waals surface area (Å²) in [5, 5.41) is 2.61. The topological polar surface area (TPSA) is 55.4 Å². The SMILES string of the molecule is CCCC(=O)/C=C/C(=O)NCCOCC. The van der Waals surface area contributed by atoms with Gasteiger partial charge in [-0.05, 0) is 19.4 Å². The summed E-state index contributed by atoms with van der Waals surface area (Å²) in [4.78, 5) is 22.1. The van der Waals surface area contributed by atoms with Gasteiger partial charge in [-0.15, -0.1) is 0 Å². The monoisotopic (exact) mass is 213 g/mol. The van der Waals surface area contributed by atoms with Gasteiger partial charge in [-0.2, -0.15) is 0 Å². The molecule has 86 valence electrons. The van der Waals surface area contributed by atoms with Crippen LogP contribution in [-0.4, -0.2) is 31.4 Å². The fourth-order valence-electron chi connectivity index (χ4n) is 0.948. The summed E-state index contributed by atoms with van der Waals surface area (Å²) >= 11 is 0. The van der Waals surface area contributed by atoms with E-state index >= 15 is 0 Å². The van der Waals surface area contributed by atoms with Crippen molar-refractivity contribution in [2.75, 3.05) is 19.8 Å². The van der Waals surface area contributed by atoms with Crippen molar-refractivity contribution < 1.29 is 14.3 Å². The van der Waals surface area contributed by atoms with E-state index in [1.165, 1.54) is 12.2 Å². The van der Waals surface area contributed by atoms with Crippen LogP contribution in [0.1, 0.15) is 26.7 Å². The first-order chi connectivity index (χ1) is 7.20. The molecular formula is C11H19NO3. The average Bonchev–Trinajstić information content (AvgIpc) is 2.22. The minimum Gasteiger partial charge on any atom is -0.380 e.